The SMILES string of the molecule is C/C=C\S(=O)Cc1ccccc1. The Morgan fingerprint density at radius 2 is 2.00 bits per heavy atom. The van der Waals surface area contributed by atoms with Crippen molar-refractivity contribution in [2.24, 2.45) is 0 Å². The lowest BCUT2D eigenvalue weighted by Crippen LogP contribution is -1.90. The highest BCUT2D eigenvalue weighted by Gasteiger charge is 1.94. The Balaban J connectivity index is 2.59. The molecule has 1 nitrogen and oxygen atoms in total. The number of rotatable bonds is 3. The van der Waals surface area contributed by atoms with Crippen LogP contribution in [0.1, 0.15) is 12.5 Å². The van der Waals surface area contributed by atoms with Crippen molar-refractivity contribution in [3.8, 4) is 0 Å². The lowest BCUT2D eigenvalue weighted by atomic mass is 10.2. The summed E-state index contributed by atoms with van der Waals surface area (Å²) in [6, 6.07) is 9.86. The molecule has 0 saturated heterocycles. The second kappa shape index (κ2) is 4.88. The number of allylic oxidation sites excluding steroid dienone is 1. The van der Waals surface area contributed by atoms with Gasteiger partial charge in [-0.2, -0.15) is 0 Å². The van der Waals surface area contributed by atoms with E-state index in [4.69, 9.17) is 0 Å². The summed E-state index contributed by atoms with van der Waals surface area (Å²) in [5.41, 5.74) is 1.12. The maximum absolute atomic E-state index is 11.2. The van der Waals surface area contributed by atoms with Crippen molar-refractivity contribution >= 4 is 10.8 Å². The molecule has 0 fully saturated rings. The van der Waals surface area contributed by atoms with Gasteiger partial charge in [-0.25, -0.2) is 0 Å². The van der Waals surface area contributed by atoms with E-state index in [1.165, 1.54) is 0 Å². The minimum absolute atomic E-state index is 0.616. The molecule has 0 radical (unpaired) electrons. The lowest BCUT2D eigenvalue weighted by molar-refractivity contribution is 0.688. The first kappa shape index (κ1) is 9.20. The second-order valence-electron chi connectivity index (χ2n) is 2.48. The third-order valence-corrected chi connectivity index (χ3v) is 2.63. The van der Waals surface area contributed by atoms with Crippen molar-refractivity contribution in [1.82, 2.24) is 0 Å². The van der Waals surface area contributed by atoms with E-state index in [0.29, 0.717) is 5.75 Å². The summed E-state index contributed by atoms with van der Waals surface area (Å²) < 4.78 is 11.2. The van der Waals surface area contributed by atoms with Crippen LogP contribution >= 0.6 is 0 Å². The van der Waals surface area contributed by atoms with E-state index in [-0.39, 0.29) is 0 Å². The molecule has 0 amide bonds. The highest BCUT2D eigenvalue weighted by atomic mass is 32.2. The molecule has 0 heterocycles. The molecule has 64 valence electrons. The van der Waals surface area contributed by atoms with Crippen LogP contribution in [0, 0.1) is 0 Å². The molecule has 12 heavy (non-hydrogen) atoms. The lowest BCUT2D eigenvalue weighted by Gasteiger charge is -1.95. The van der Waals surface area contributed by atoms with Crippen LogP contribution in [0.15, 0.2) is 41.8 Å². The van der Waals surface area contributed by atoms with Gasteiger partial charge in [0.1, 0.15) is 0 Å². The Morgan fingerprint density at radius 3 is 2.58 bits per heavy atom. The molecule has 1 aromatic carbocycles. The number of hydrogen-bond donors (Lipinski definition) is 0. The van der Waals surface area contributed by atoms with Crippen LogP contribution in [0.5, 0.6) is 0 Å². The fourth-order valence-electron chi connectivity index (χ4n) is 0.938. The summed E-state index contributed by atoms with van der Waals surface area (Å²) in [4.78, 5) is 0. The van der Waals surface area contributed by atoms with Gasteiger partial charge in [0, 0.05) is 10.8 Å². The molecule has 0 spiro atoms. The highest BCUT2D eigenvalue weighted by molar-refractivity contribution is 7.87. The first-order chi connectivity index (χ1) is 5.83. The van der Waals surface area contributed by atoms with Crippen LogP contribution in [-0.4, -0.2) is 4.21 Å². The van der Waals surface area contributed by atoms with Crippen LogP contribution < -0.4 is 0 Å². The topological polar surface area (TPSA) is 17.1 Å². The van der Waals surface area contributed by atoms with Crippen LogP contribution in [-0.2, 0) is 16.6 Å². The quantitative estimate of drug-likeness (QED) is 0.698. The van der Waals surface area contributed by atoms with Gasteiger partial charge < -0.3 is 0 Å². The van der Waals surface area contributed by atoms with Crippen molar-refractivity contribution in [3.05, 3.63) is 47.4 Å². The van der Waals surface area contributed by atoms with Crippen molar-refractivity contribution in [1.29, 1.82) is 0 Å². The van der Waals surface area contributed by atoms with E-state index in [1.807, 2.05) is 43.3 Å². The monoisotopic (exact) mass is 180 g/mol. The standard InChI is InChI=1S/C10H12OS/c1-2-8-12(11)9-10-6-4-3-5-7-10/h2-8H,9H2,1H3/b8-2-. The molecular weight excluding hydrogens is 168 g/mol. The Morgan fingerprint density at radius 1 is 1.33 bits per heavy atom. The second-order valence-corrected chi connectivity index (χ2v) is 3.80. The van der Waals surface area contributed by atoms with Crippen molar-refractivity contribution < 1.29 is 4.21 Å². The third-order valence-electron chi connectivity index (χ3n) is 1.44. The van der Waals surface area contributed by atoms with Crippen LogP contribution in [0.2, 0.25) is 0 Å². The van der Waals surface area contributed by atoms with E-state index in [1.54, 1.807) is 5.41 Å². The van der Waals surface area contributed by atoms with Gasteiger partial charge in [0.05, 0.1) is 5.75 Å². The normalized spacial score (nSPS) is 13.4. The minimum Gasteiger partial charge on any atom is -0.255 e. The fourth-order valence-corrected chi connectivity index (χ4v) is 1.86. The predicted molar refractivity (Wildman–Crippen MR) is 53.1 cm³/mol. The van der Waals surface area contributed by atoms with Gasteiger partial charge >= 0.3 is 0 Å². The maximum Gasteiger partial charge on any atom is 0.0526 e. The molecular formula is C10H12OS. The van der Waals surface area contributed by atoms with Gasteiger partial charge in [0.15, 0.2) is 0 Å². The van der Waals surface area contributed by atoms with Crippen LogP contribution in [0.25, 0.3) is 0 Å². The molecule has 0 aliphatic carbocycles. The number of benzene rings is 1. The highest BCUT2D eigenvalue weighted by Crippen LogP contribution is 2.03. The molecule has 2 heteroatoms. The Bertz CT molecular complexity index is 277. The maximum atomic E-state index is 11.2. The van der Waals surface area contributed by atoms with E-state index in [0.717, 1.165) is 5.56 Å². The summed E-state index contributed by atoms with van der Waals surface area (Å²) in [6.07, 6.45) is 1.82. The van der Waals surface area contributed by atoms with Gasteiger partial charge in [0.25, 0.3) is 0 Å². The van der Waals surface area contributed by atoms with Gasteiger partial charge in [-0.3, -0.25) is 4.21 Å². The summed E-state index contributed by atoms with van der Waals surface area (Å²) >= 11 is 0. The van der Waals surface area contributed by atoms with Gasteiger partial charge in [0.2, 0.25) is 0 Å². The molecule has 0 saturated carbocycles. The molecule has 1 rings (SSSR count). The minimum atomic E-state index is -0.852. The zero-order chi connectivity index (χ0) is 8.81. The third kappa shape index (κ3) is 3.01. The Labute approximate surface area is 75.6 Å². The van der Waals surface area contributed by atoms with Gasteiger partial charge in [-0.1, -0.05) is 36.4 Å². The smallest absolute Gasteiger partial charge is 0.0526 e. The Kier molecular flexibility index (Phi) is 3.74. The van der Waals surface area contributed by atoms with Gasteiger partial charge in [-0.15, -0.1) is 0 Å². The average molecular weight is 180 g/mol. The van der Waals surface area contributed by atoms with E-state index >= 15 is 0 Å². The average Bonchev–Trinajstić information content (AvgIpc) is 2.06. The molecule has 1 aromatic rings. The van der Waals surface area contributed by atoms with E-state index in [2.05, 4.69) is 0 Å². The van der Waals surface area contributed by atoms with Crippen molar-refractivity contribution in [3.63, 3.8) is 0 Å². The molecule has 1 unspecified atom stereocenters. The fraction of sp³-hybridized carbons (Fsp3) is 0.200. The summed E-state index contributed by atoms with van der Waals surface area (Å²) in [7, 11) is -0.852. The van der Waals surface area contributed by atoms with Crippen molar-refractivity contribution in [2.45, 2.75) is 12.7 Å². The van der Waals surface area contributed by atoms with E-state index in [9.17, 15) is 4.21 Å². The molecule has 0 aliphatic heterocycles. The Hall–Kier alpha value is -0.890. The zero-order valence-corrected chi connectivity index (χ0v) is 7.88. The molecule has 1 atom stereocenters. The summed E-state index contributed by atoms with van der Waals surface area (Å²) in [5.74, 6) is 0.616. The first-order valence-electron chi connectivity index (χ1n) is 3.87. The van der Waals surface area contributed by atoms with E-state index < -0.39 is 10.8 Å². The van der Waals surface area contributed by atoms with Crippen LogP contribution in [0.3, 0.4) is 0 Å². The molecule has 0 aromatic heterocycles. The number of hydrogen-bond acceptors (Lipinski definition) is 1. The first-order valence-corrected chi connectivity index (χ1v) is 5.25. The molecule has 0 N–H and O–H groups in total. The molecule has 0 bridgehead atoms. The molecule has 0 aliphatic rings. The summed E-state index contributed by atoms with van der Waals surface area (Å²) in [5, 5.41) is 1.72. The predicted octanol–water partition coefficient (Wildman–Crippen LogP) is 2.47. The largest absolute Gasteiger partial charge is 0.255 e. The van der Waals surface area contributed by atoms with Gasteiger partial charge in [-0.05, 0) is 17.9 Å². The van der Waals surface area contributed by atoms with Crippen LogP contribution in [0.4, 0.5) is 0 Å². The van der Waals surface area contributed by atoms with Crippen molar-refractivity contribution in [2.75, 3.05) is 0 Å². The summed E-state index contributed by atoms with van der Waals surface area (Å²) in [6.45, 7) is 1.88. The zero-order valence-electron chi connectivity index (χ0n) is 7.07.